The van der Waals surface area contributed by atoms with Crippen molar-refractivity contribution in [2.75, 3.05) is 6.61 Å². The molecular formula is C17H24NO3. The number of rotatable bonds is 6. The van der Waals surface area contributed by atoms with Gasteiger partial charge in [-0.3, -0.25) is 0 Å². The third-order valence-corrected chi connectivity index (χ3v) is 3.17. The van der Waals surface area contributed by atoms with E-state index in [-0.39, 0.29) is 12.1 Å². The van der Waals surface area contributed by atoms with Crippen molar-refractivity contribution in [3.05, 3.63) is 42.3 Å². The van der Waals surface area contributed by atoms with Gasteiger partial charge in [0.2, 0.25) is 0 Å². The molecule has 1 radical (unpaired) electrons. The molecule has 0 aliphatic heterocycles. The Balaban J connectivity index is 1.55. The Morgan fingerprint density at radius 1 is 1.24 bits per heavy atom. The zero-order valence-corrected chi connectivity index (χ0v) is 13.0. The van der Waals surface area contributed by atoms with Gasteiger partial charge in [-0.05, 0) is 45.1 Å². The number of carbonyl (C=O) groups is 1. The van der Waals surface area contributed by atoms with Gasteiger partial charge in [0.05, 0.1) is 6.61 Å². The first-order valence-electron chi connectivity index (χ1n) is 7.40. The molecule has 0 bridgehead atoms. The molecule has 2 unspecified atom stereocenters. The first kappa shape index (κ1) is 15.8. The Labute approximate surface area is 126 Å². The maximum absolute atomic E-state index is 11.6. The Morgan fingerprint density at radius 2 is 1.95 bits per heavy atom. The standard InChI is InChI=1S/C17H24NO3/c1-17(2,3)21-16(19)18-15-11-14(15)9-10-20-12-13-7-5-4-6-8-13/h4-8,11,14-15H,9-10,12H2,1-3H3,(H,18,19). The molecule has 4 nitrogen and oxygen atoms in total. The van der Waals surface area contributed by atoms with Crippen molar-refractivity contribution in [2.45, 2.75) is 45.4 Å². The number of amides is 1. The van der Waals surface area contributed by atoms with Gasteiger partial charge >= 0.3 is 6.09 Å². The fourth-order valence-corrected chi connectivity index (χ4v) is 2.06. The van der Waals surface area contributed by atoms with E-state index in [2.05, 4.69) is 23.9 Å². The molecule has 1 aliphatic carbocycles. The summed E-state index contributed by atoms with van der Waals surface area (Å²) < 4.78 is 10.9. The van der Waals surface area contributed by atoms with Gasteiger partial charge in [-0.25, -0.2) is 4.79 Å². The van der Waals surface area contributed by atoms with Gasteiger partial charge in [0.1, 0.15) is 5.60 Å². The second-order valence-electron chi connectivity index (χ2n) is 6.36. The number of alkyl carbamates (subject to hydrolysis) is 1. The summed E-state index contributed by atoms with van der Waals surface area (Å²) in [5.41, 5.74) is 0.730. The Morgan fingerprint density at radius 3 is 2.62 bits per heavy atom. The lowest BCUT2D eigenvalue weighted by Gasteiger charge is -2.19. The highest BCUT2D eigenvalue weighted by Gasteiger charge is 2.39. The van der Waals surface area contributed by atoms with E-state index in [1.807, 2.05) is 39.0 Å². The van der Waals surface area contributed by atoms with Crippen molar-refractivity contribution in [3.8, 4) is 0 Å². The van der Waals surface area contributed by atoms with Gasteiger partial charge in [0.15, 0.2) is 0 Å². The predicted molar refractivity (Wildman–Crippen MR) is 81.7 cm³/mol. The number of benzene rings is 1. The first-order valence-corrected chi connectivity index (χ1v) is 7.40. The van der Waals surface area contributed by atoms with E-state index < -0.39 is 5.60 Å². The second kappa shape index (κ2) is 6.94. The van der Waals surface area contributed by atoms with E-state index in [0.29, 0.717) is 19.1 Å². The van der Waals surface area contributed by atoms with Gasteiger partial charge in [-0.2, -0.15) is 0 Å². The third-order valence-electron chi connectivity index (χ3n) is 3.17. The molecule has 1 fully saturated rings. The molecule has 115 valence electrons. The highest BCUT2D eigenvalue weighted by Crippen LogP contribution is 2.32. The largest absolute Gasteiger partial charge is 0.444 e. The van der Waals surface area contributed by atoms with Crippen LogP contribution >= 0.6 is 0 Å². The summed E-state index contributed by atoms with van der Waals surface area (Å²) in [7, 11) is 0. The van der Waals surface area contributed by atoms with Crippen LogP contribution in [0.1, 0.15) is 32.8 Å². The van der Waals surface area contributed by atoms with E-state index in [1.54, 1.807) is 0 Å². The Kier molecular flexibility index (Phi) is 5.23. The van der Waals surface area contributed by atoms with Crippen LogP contribution in [0.3, 0.4) is 0 Å². The van der Waals surface area contributed by atoms with Crippen LogP contribution in [-0.4, -0.2) is 24.3 Å². The molecule has 21 heavy (non-hydrogen) atoms. The molecule has 1 N–H and O–H groups in total. The summed E-state index contributed by atoms with van der Waals surface area (Å²) in [6, 6.07) is 10.2. The van der Waals surface area contributed by atoms with Crippen LogP contribution in [-0.2, 0) is 16.1 Å². The maximum Gasteiger partial charge on any atom is 0.407 e. The van der Waals surface area contributed by atoms with Gasteiger partial charge in [0, 0.05) is 12.6 Å². The van der Waals surface area contributed by atoms with Gasteiger partial charge in [-0.1, -0.05) is 30.3 Å². The summed E-state index contributed by atoms with van der Waals surface area (Å²) in [6.07, 6.45) is 2.68. The molecule has 0 spiro atoms. The highest BCUT2D eigenvalue weighted by molar-refractivity contribution is 5.69. The van der Waals surface area contributed by atoms with Gasteiger partial charge in [0.25, 0.3) is 0 Å². The minimum Gasteiger partial charge on any atom is -0.444 e. The fourth-order valence-electron chi connectivity index (χ4n) is 2.06. The SMILES string of the molecule is CC(C)(C)OC(=O)NC1[CH]C1CCOCc1ccccc1. The number of carbonyl (C=O) groups excluding carboxylic acids is 1. The van der Waals surface area contributed by atoms with Gasteiger partial charge < -0.3 is 14.8 Å². The van der Waals surface area contributed by atoms with Crippen LogP contribution in [0.25, 0.3) is 0 Å². The van der Waals surface area contributed by atoms with Crippen molar-refractivity contribution in [2.24, 2.45) is 5.92 Å². The van der Waals surface area contributed by atoms with Crippen LogP contribution in [0.15, 0.2) is 30.3 Å². The second-order valence-corrected chi connectivity index (χ2v) is 6.36. The van der Waals surface area contributed by atoms with Crippen molar-refractivity contribution in [1.29, 1.82) is 0 Å². The molecule has 2 atom stereocenters. The smallest absolute Gasteiger partial charge is 0.407 e. The van der Waals surface area contributed by atoms with E-state index in [1.165, 1.54) is 5.56 Å². The number of ether oxygens (including phenoxy) is 2. The third kappa shape index (κ3) is 6.17. The molecule has 1 aromatic rings. The Bertz CT molecular complexity index is 453. The zero-order valence-electron chi connectivity index (χ0n) is 13.0. The minimum atomic E-state index is -0.451. The van der Waals surface area contributed by atoms with Crippen LogP contribution in [0, 0.1) is 12.3 Å². The molecule has 0 saturated heterocycles. The van der Waals surface area contributed by atoms with E-state index in [9.17, 15) is 4.79 Å². The normalized spacial score (nSPS) is 20.9. The fraction of sp³-hybridized carbons (Fsp3) is 0.529. The molecule has 0 heterocycles. The number of hydrogen-bond donors (Lipinski definition) is 1. The van der Waals surface area contributed by atoms with Crippen molar-refractivity contribution >= 4 is 6.09 Å². The van der Waals surface area contributed by atoms with Crippen molar-refractivity contribution in [3.63, 3.8) is 0 Å². The highest BCUT2D eigenvalue weighted by atomic mass is 16.6. The zero-order chi connectivity index (χ0) is 15.3. The average molecular weight is 290 g/mol. The molecule has 2 rings (SSSR count). The number of hydrogen-bond acceptors (Lipinski definition) is 3. The van der Waals surface area contributed by atoms with Crippen LogP contribution < -0.4 is 5.32 Å². The summed E-state index contributed by atoms with van der Waals surface area (Å²) >= 11 is 0. The quantitative estimate of drug-likeness (QED) is 0.818. The molecule has 1 aliphatic rings. The minimum absolute atomic E-state index is 0.125. The summed E-state index contributed by atoms with van der Waals surface area (Å²) in [5.74, 6) is 0.397. The predicted octanol–water partition coefficient (Wildman–Crippen LogP) is 3.32. The van der Waals surface area contributed by atoms with Gasteiger partial charge in [-0.15, -0.1) is 0 Å². The summed E-state index contributed by atoms with van der Waals surface area (Å²) in [5, 5.41) is 2.85. The lowest BCUT2D eigenvalue weighted by atomic mass is 10.2. The average Bonchev–Trinajstić information content (AvgIpc) is 3.11. The lowest BCUT2D eigenvalue weighted by molar-refractivity contribution is 0.0519. The molecule has 1 amide bonds. The van der Waals surface area contributed by atoms with Crippen molar-refractivity contribution < 1.29 is 14.3 Å². The maximum atomic E-state index is 11.6. The molecule has 4 heteroatoms. The van der Waals surface area contributed by atoms with Crippen molar-refractivity contribution in [1.82, 2.24) is 5.32 Å². The molecule has 0 aromatic heterocycles. The topological polar surface area (TPSA) is 47.6 Å². The first-order chi connectivity index (χ1) is 9.94. The number of nitrogens with one attached hydrogen (secondary N) is 1. The molecule has 1 saturated carbocycles. The monoisotopic (exact) mass is 290 g/mol. The lowest BCUT2D eigenvalue weighted by Crippen LogP contribution is -2.34. The van der Waals surface area contributed by atoms with Crippen LogP contribution in [0.5, 0.6) is 0 Å². The Hall–Kier alpha value is -1.55. The summed E-state index contributed by atoms with van der Waals surface area (Å²) in [6.45, 7) is 6.91. The van der Waals surface area contributed by atoms with Crippen LogP contribution in [0.4, 0.5) is 4.79 Å². The van der Waals surface area contributed by atoms with E-state index in [4.69, 9.17) is 9.47 Å². The summed E-state index contributed by atoms with van der Waals surface area (Å²) in [4.78, 5) is 11.6. The van der Waals surface area contributed by atoms with E-state index in [0.717, 1.165) is 6.42 Å². The van der Waals surface area contributed by atoms with E-state index >= 15 is 0 Å². The molecule has 1 aromatic carbocycles. The molecular weight excluding hydrogens is 266 g/mol. The van der Waals surface area contributed by atoms with Crippen LogP contribution in [0.2, 0.25) is 0 Å².